The molecule has 0 radical (unpaired) electrons. The van der Waals surface area contributed by atoms with Gasteiger partial charge in [0.25, 0.3) is 0 Å². The number of Topliss-reactive ketones (excluding diaryl/α,β-unsaturated/α-hetero) is 1. The number of carbonyl (C=O) groups is 3. The number of allylic oxidation sites excluding steroid dienone is 3. The van der Waals surface area contributed by atoms with Gasteiger partial charge >= 0.3 is 11.9 Å². The normalized spacial score (nSPS) is 22.9. The van der Waals surface area contributed by atoms with Crippen molar-refractivity contribution >= 4 is 41.5 Å². The number of fused-ring (bicyclic) bond motifs is 7. The number of ketones is 1. The first-order valence-corrected chi connectivity index (χ1v) is 19.2. The third kappa shape index (κ3) is 7.15. The molecule has 0 aromatic carbocycles. The second-order valence-corrected chi connectivity index (χ2v) is 15.6. The van der Waals surface area contributed by atoms with Crippen molar-refractivity contribution in [1.29, 1.82) is 0 Å². The summed E-state index contributed by atoms with van der Waals surface area (Å²) in [6, 6.07) is 0. The molecular weight excluding hydrogens is 665 g/mol. The van der Waals surface area contributed by atoms with E-state index in [0.717, 1.165) is 75.1 Å². The minimum atomic E-state index is -1.12. The molecule has 3 aromatic rings. The standard InChI is InChI=1S/C44H56N4O5/c1-11-29-26(7)33-19-31-24(5)25(6)32(45-31)20-34-27(8)30(15-16-37(49)53-18-17-23(4)14-12-13-22(2)3)41(47-34)39-40(44(51)52-10)43(50)38-28(9)35(48-42(38)39)21-36(29)46-33/h17,19-22,27,30,40,45-48H,11-16,18H2,1-10H3/b23-17+,33-19-,34-20-,36-21-,41-39-/t27-,30-,40+/m0/s1. The van der Waals surface area contributed by atoms with Gasteiger partial charge in [0, 0.05) is 68.6 Å². The smallest absolute Gasteiger partial charge is 0.321 e. The Morgan fingerprint density at radius 1 is 0.906 bits per heavy atom. The van der Waals surface area contributed by atoms with Gasteiger partial charge < -0.3 is 29.7 Å². The van der Waals surface area contributed by atoms with Crippen molar-refractivity contribution in [3.05, 3.63) is 89.9 Å². The number of nitrogens with one attached hydrogen (secondary N) is 4. The van der Waals surface area contributed by atoms with Crippen LogP contribution in [0.2, 0.25) is 0 Å². The maximum atomic E-state index is 14.3. The number of carbonyl (C=O) groups excluding carboxylic acids is 3. The molecule has 8 bridgehead atoms. The maximum absolute atomic E-state index is 14.3. The van der Waals surface area contributed by atoms with E-state index in [1.807, 2.05) is 13.0 Å². The fourth-order valence-electron chi connectivity index (χ4n) is 8.36. The van der Waals surface area contributed by atoms with Gasteiger partial charge in [-0.2, -0.15) is 0 Å². The van der Waals surface area contributed by atoms with Crippen molar-refractivity contribution in [2.24, 2.45) is 23.7 Å². The lowest BCUT2D eigenvalue weighted by atomic mass is 9.85. The molecule has 1 aliphatic carbocycles. The third-order valence-electron chi connectivity index (χ3n) is 11.8. The SMILES string of the molecule is CCc1c(C)/c2[nH]/c1=C\c1[nH]c3c(c1C)C(=O)[C@H](C(=O)OC)/C3=C1/N/C(=C\c3[nH]c(c(C)c3C)\C=2)[C@@H](C)[C@@H]1CCC(=O)OC/C=C(\C)CCCC(C)C. The minimum absolute atomic E-state index is 0.0565. The summed E-state index contributed by atoms with van der Waals surface area (Å²) in [5.74, 6) is -1.86. The molecule has 5 heterocycles. The predicted molar refractivity (Wildman–Crippen MR) is 210 cm³/mol. The van der Waals surface area contributed by atoms with Gasteiger partial charge in [0.05, 0.1) is 12.8 Å². The number of rotatable bonds is 11. The van der Waals surface area contributed by atoms with Gasteiger partial charge in [-0.15, -0.1) is 0 Å². The fraction of sp³-hybridized carbons (Fsp3) is 0.477. The van der Waals surface area contributed by atoms with Gasteiger partial charge in [0.2, 0.25) is 0 Å². The van der Waals surface area contributed by atoms with Gasteiger partial charge in [0.1, 0.15) is 12.5 Å². The summed E-state index contributed by atoms with van der Waals surface area (Å²) in [4.78, 5) is 51.8. The first-order valence-electron chi connectivity index (χ1n) is 19.2. The Hall–Kier alpha value is -4.79. The number of ether oxygens (including phenoxy) is 2. The Bertz CT molecular complexity index is 2180. The molecule has 1 fully saturated rings. The number of aromatic amines is 3. The van der Waals surface area contributed by atoms with Crippen molar-refractivity contribution < 1.29 is 23.9 Å². The van der Waals surface area contributed by atoms with E-state index < -0.39 is 11.9 Å². The fourth-order valence-corrected chi connectivity index (χ4v) is 8.36. The Morgan fingerprint density at radius 3 is 2.26 bits per heavy atom. The highest BCUT2D eigenvalue weighted by Crippen LogP contribution is 2.48. The summed E-state index contributed by atoms with van der Waals surface area (Å²) in [6.45, 7) is 19.4. The molecule has 0 spiro atoms. The van der Waals surface area contributed by atoms with Gasteiger partial charge in [-0.3, -0.25) is 14.4 Å². The van der Waals surface area contributed by atoms with Crippen LogP contribution in [0.1, 0.15) is 128 Å². The average Bonchev–Trinajstić information content (AvgIpc) is 3.85. The van der Waals surface area contributed by atoms with Gasteiger partial charge in [-0.25, -0.2) is 0 Å². The number of H-pyrrole nitrogens is 3. The number of hydrogen-bond donors (Lipinski definition) is 4. The lowest BCUT2D eigenvalue weighted by molar-refractivity contribution is -0.143. The van der Waals surface area contributed by atoms with Crippen molar-refractivity contribution in [3.63, 3.8) is 0 Å². The lowest BCUT2D eigenvalue weighted by Gasteiger charge is -2.19. The van der Waals surface area contributed by atoms with Crippen LogP contribution < -0.4 is 16.0 Å². The van der Waals surface area contributed by atoms with E-state index in [1.54, 1.807) is 0 Å². The molecule has 6 rings (SSSR count). The number of aromatic nitrogens is 3. The molecule has 2 aliphatic heterocycles. The third-order valence-corrected chi connectivity index (χ3v) is 11.8. The number of esters is 2. The molecule has 282 valence electrons. The van der Waals surface area contributed by atoms with Crippen LogP contribution in [0.25, 0.3) is 23.8 Å². The van der Waals surface area contributed by atoms with E-state index in [1.165, 1.54) is 30.2 Å². The van der Waals surface area contributed by atoms with Crippen molar-refractivity contribution in [2.45, 2.75) is 101 Å². The quantitative estimate of drug-likeness (QED) is 0.0949. The molecule has 0 saturated carbocycles. The Labute approximate surface area is 313 Å². The Kier molecular flexibility index (Phi) is 10.9. The van der Waals surface area contributed by atoms with E-state index in [2.05, 4.69) is 93.9 Å². The molecule has 3 atom stereocenters. The molecule has 0 amide bonds. The largest absolute Gasteiger partial charge is 0.468 e. The first kappa shape index (κ1) is 38.0. The van der Waals surface area contributed by atoms with Crippen LogP contribution in [0.4, 0.5) is 0 Å². The molecule has 9 heteroatoms. The monoisotopic (exact) mass is 720 g/mol. The summed E-state index contributed by atoms with van der Waals surface area (Å²) in [5.41, 5.74) is 12.9. The van der Waals surface area contributed by atoms with Crippen LogP contribution in [-0.2, 0) is 25.5 Å². The van der Waals surface area contributed by atoms with Crippen molar-refractivity contribution in [1.82, 2.24) is 20.3 Å². The minimum Gasteiger partial charge on any atom is -0.468 e. The molecular formula is C44H56N4O5. The van der Waals surface area contributed by atoms with Crippen LogP contribution in [-0.4, -0.2) is 46.4 Å². The highest BCUT2D eigenvalue weighted by Gasteiger charge is 2.48. The molecule has 3 aromatic heterocycles. The van der Waals surface area contributed by atoms with Gasteiger partial charge in [-0.05, 0) is 118 Å². The van der Waals surface area contributed by atoms with Gasteiger partial charge in [-0.1, -0.05) is 39.7 Å². The highest BCUT2D eigenvalue weighted by atomic mass is 16.5. The zero-order chi connectivity index (χ0) is 38.3. The summed E-state index contributed by atoms with van der Waals surface area (Å²) >= 11 is 0. The molecule has 53 heavy (non-hydrogen) atoms. The predicted octanol–water partition coefficient (Wildman–Crippen LogP) is 7.13. The number of methoxy groups -OCH3 is 1. The van der Waals surface area contributed by atoms with Crippen LogP contribution in [0.3, 0.4) is 0 Å². The Morgan fingerprint density at radius 2 is 1.58 bits per heavy atom. The first-order chi connectivity index (χ1) is 25.2. The van der Waals surface area contributed by atoms with E-state index in [9.17, 15) is 14.4 Å². The van der Waals surface area contributed by atoms with E-state index >= 15 is 0 Å². The lowest BCUT2D eigenvalue weighted by Crippen LogP contribution is -2.25. The van der Waals surface area contributed by atoms with Crippen LogP contribution >= 0.6 is 0 Å². The molecule has 9 nitrogen and oxygen atoms in total. The van der Waals surface area contributed by atoms with Gasteiger partial charge in [0.15, 0.2) is 5.78 Å². The molecule has 3 aliphatic rings. The van der Waals surface area contributed by atoms with Crippen molar-refractivity contribution in [3.8, 4) is 0 Å². The molecule has 4 N–H and O–H groups in total. The van der Waals surface area contributed by atoms with Crippen LogP contribution in [0, 0.1) is 51.4 Å². The number of hydrogen-bond acceptors (Lipinski definition) is 6. The van der Waals surface area contributed by atoms with E-state index in [-0.39, 0.29) is 36.6 Å². The summed E-state index contributed by atoms with van der Waals surface area (Å²) in [5, 5.41) is 5.70. The zero-order valence-corrected chi connectivity index (χ0v) is 33.1. The zero-order valence-electron chi connectivity index (χ0n) is 33.1. The summed E-state index contributed by atoms with van der Waals surface area (Å²) < 4.78 is 10.9. The topological polar surface area (TPSA) is 129 Å². The molecule has 0 unspecified atom stereocenters. The maximum Gasteiger partial charge on any atom is 0.321 e. The second kappa shape index (κ2) is 15.3. The highest BCUT2D eigenvalue weighted by molar-refractivity contribution is 6.24. The summed E-state index contributed by atoms with van der Waals surface area (Å²) in [7, 11) is 1.32. The second-order valence-electron chi connectivity index (χ2n) is 15.6. The summed E-state index contributed by atoms with van der Waals surface area (Å²) in [6.07, 6.45) is 13.2. The van der Waals surface area contributed by atoms with E-state index in [4.69, 9.17) is 9.47 Å². The van der Waals surface area contributed by atoms with Crippen molar-refractivity contribution in [2.75, 3.05) is 13.7 Å². The molecule has 1 saturated heterocycles. The average molecular weight is 721 g/mol. The Balaban J connectivity index is 1.46. The van der Waals surface area contributed by atoms with E-state index in [0.29, 0.717) is 29.2 Å². The van der Waals surface area contributed by atoms with Crippen LogP contribution in [0.15, 0.2) is 23.0 Å². The van der Waals surface area contributed by atoms with Crippen LogP contribution in [0.5, 0.6) is 0 Å².